The average Bonchev–Trinajstić information content (AvgIpc) is 2.95. The van der Waals surface area contributed by atoms with Gasteiger partial charge >= 0.3 is 0 Å². The van der Waals surface area contributed by atoms with Crippen LogP contribution < -0.4 is 4.80 Å². The lowest BCUT2D eigenvalue weighted by molar-refractivity contribution is -0.394. The molecule has 3 rings (SSSR count). The van der Waals surface area contributed by atoms with Crippen molar-refractivity contribution in [2.24, 2.45) is 12.0 Å². The standard InChI is InChI=1S/C17H14N4O5S/c1-9-4-5-10(2)15-14(9)19(3)17(27-15)18-16(22)11-6-12(20(23)24)8-13(7-11)21(25)26/h4-8H,1-3H3. The van der Waals surface area contributed by atoms with E-state index in [-0.39, 0.29) is 5.56 Å². The normalized spacial score (nSPS) is 11.7. The van der Waals surface area contributed by atoms with Crippen molar-refractivity contribution in [2.45, 2.75) is 13.8 Å². The highest BCUT2D eigenvalue weighted by atomic mass is 32.1. The molecule has 0 aliphatic rings. The number of carbonyl (C=O) groups excluding carboxylic acids is 1. The van der Waals surface area contributed by atoms with Gasteiger partial charge in [0.05, 0.1) is 31.7 Å². The lowest BCUT2D eigenvalue weighted by atomic mass is 10.1. The smallest absolute Gasteiger partial charge is 0.280 e. The zero-order chi connectivity index (χ0) is 19.9. The van der Waals surface area contributed by atoms with Crippen molar-refractivity contribution in [1.82, 2.24) is 4.57 Å². The molecule has 0 atom stereocenters. The zero-order valence-electron chi connectivity index (χ0n) is 14.6. The minimum Gasteiger partial charge on any atom is -0.319 e. The highest BCUT2D eigenvalue weighted by molar-refractivity contribution is 7.16. The van der Waals surface area contributed by atoms with E-state index in [1.165, 1.54) is 11.3 Å². The van der Waals surface area contributed by atoms with E-state index in [0.29, 0.717) is 4.80 Å². The number of amides is 1. The lowest BCUT2D eigenvalue weighted by Crippen LogP contribution is -2.14. The Labute approximate surface area is 156 Å². The maximum absolute atomic E-state index is 12.5. The molecule has 0 unspecified atom stereocenters. The summed E-state index contributed by atoms with van der Waals surface area (Å²) < 4.78 is 2.75. The van der Waals surface area contributed by atoms with Gasteiger partial charge in [-0.3, -0.25) is 25.0 Å². The summed E-state index contributed by atoms with van der Waals surface area (Å²) in [5, 5.41) is 22.0. The van der Waals surface area contributed by atoms with Gasteiger partial charge in [0, 0.05) is 19.2 Å². The molecule has 3 aromatic rings. The van der Waals surface area contributed by atoms with Crippen LogP contribution in [-0.2, 0) is 7.05 Å². The summed E-state index contributed by atoms with van der Waals surface area (Å²) in [7, 11) is 1.77. The molecular formula is C17H14N4O5S. The van der Waals surface area contributed by atoms with E-state index < -0.39 is 27.1 Å². The molecule has 0 aliphatic carbocycles. The van der Waals surface area contributed by atoms with Crippen molar-refractivity contribution in [3.05, 3.63) is 72.1 Å². The van der Waals surface area contributed by atoms with E-state index in [1.807, 2.05) is 26.0 Å². The van der Waals surface area contributed by atoms with Crippen molar-refractivity contribution in [1.29, 1.82) is 0 Å². The van der Waals surface area contributed by atoms with Crippen molar-refractivity contribution >= 4 is 38.8 Å². The topological polar surface area (TPSA) is 121 Å². The quantitative estimate of drug-likeness (QED) is 0.504. The fraction of sp³-hybridized carbons (Fsp3) is 0.176. The molecule has 0 fully saturated rings. The largest absolute Gasteiger partial charge is 0.319 e. The van der Waals surface area contributed by atoms with Crippen molar-refractivity contribution in [3.8, 4) is 0 Å². The minimum atomic E-state index is -0.782. The fourth-order valence-electron chi connectivity index (χ4n) is 2.75. The van der Waals surface area contributed by atoms with Crippen LogP contribution in [0.3, 0.4) is 0 Å². The lowest BCUT2D eigenvalue weighted by Gasteiger charge is -2.01. The molecule has 0 bridgehead atoms. The van der Waals surface area contributed by atoms with E-state index in [2.05, 4.69) is 4.99 Å². The minimum absolute atomic E-state index is 0.207. The van der Waals surface area contributed by atoms with E-state index in [9.17, 15) is 25.0 Å². The summed E-state index contributed by atoms with van der Waals surface area (Å²) in [6, 6.07) is 6.73. The van der Waals surface area contributed by atoms with Crippen molar-refractivity contribution in [2.75, 3.05) is 0 Å². The number of rotatable bonds is 3. The molecule has 1 aromatic heterocycles. The first kappa shape index (κ1) is 18.4. The molecule has 0 N–H and O–H groups in total. The van der Waals surface area contributed by atoms with Gasteiger partial charge in [-0.05, 0) is 25.0 Å². The van der Waals surface area contributed by atoms with Crippen LogP contribution >= 0.6 is 11.3 Å². The van der Waals surface area contributed by atoms with Gasteiger partial charge in [0.2, 0.25) is 0 Å². The Hall–Kier alpha value is -3.40. The number of hydrogen-bond donors (Lipinski definition) is 0. The summed E-state index contributed by atoms with van der Waals surface area (Å²) in [4.78, 5) is 37.4. The predicted molar refractivity (Wildman–Crippen MR) is 99.9 cm³/mol. The number of aromatic nitrogens is 1. The number of non-ortho nitro benzene ring substituents is 2. The van der Waals surface area contributed by atoms with E-state index in [1.54, 1.807) is 11.6 Å². The summed E-state index contributed by atoms with van der Waals surface area (Å²) in [6.45, 7) is 3.90. The molecule has 2 aromatic carbocycles. The Kier molecular flexibility index (Phi) is 4.58. The van der Waals surface area contributed by atoms with Gasteiger partial charge in [0.1, 0.15) is 0 Å². The Bertz CT molecular complexity index is 1160. The molecule has 1 heterocycles. The molecule has 0 saturated heterocycles. The van der Waals surface area contributed by atoms with Gasteiger partial charge in [-0.25, -0.2) is 0 Å². The van der Waals surface area contributed by atoms with Crippen LogP contribution in [0.15, 0.2) is 35.3 Å². The molecule has 0 radical (unpaired) electrons. The average molecular weight is 386 g/mol. The van der Waals surface area contributed by atoms with Crippen LogP contribution in [0.2, 0.25) is 0 Å². The molecule has 9 nitrogen and oxygen atoms in total. The third-order valence-electron chi connectivity index (χ3n) is 4.11. The number of nitro benzene ring substituents is 2. The van der Waals surface area contributed by atoms with Crippen LogP contribution in [0.1, 0.15) is 21.5 Å². The second-order valence-corrected chi connectivity index (χ2v) is 6.97. The fourth-order valence-corrected chi connectivity index (χ4v) is 3.91. The van der Waals surface area contributed by atoms with Crippen LogP contribution in [0, 0.1) is 34.1 Å². The summed E-state index contributed by atoms with van der Waals surface area (Å²) in [5.74, 6) is -0.778. The Morgan fingerprint density at radius 3 is 2.11 bits per heavy atom. The first-order valence-electron chi connectivity index (χ1n) is 7.77. The van der Waals surface area contributed by atoms with Crippen LogP contribution in [0.5, 0.6) is 0 Å². The zero-order valence-corrected chi connectivity index (χ0v) is 15.4. The third kappa shape index (κ3) is 3.34. The monoisotopic (exact) mass is 386 g/mol. The second-order valence-electron chi connectivity index (χ2n) is 5.99. The molecule has 27 heavy (non-hydrogen) atoms. The predicted octanol–water partition coefficient (Wildman–Crippen LogP) is 3.41. The maximum atomic E-state index is 12.5. The number of nitro groups is 2. The SMILES string of the molecule is Cc1ccc(C)c2c1sc(=NC(=O)c1cc([N+](=O)[O-])cc([N+](=O)[O-])c1)n2C. The number of aryl methyl sites for hydroxylation is 3. The number of fused-ring (bicyclic) bond motifs is 1. The number of carbonyl (C=O) groups is 1. The molecule has 0 saturated carbocycles. The summed E-state index contributed by atoms with van der Waals surface area (Å²) >= 11 is 1.32. The molecule has 138 valence electrons. The van der Waals surface area contributed by atoms with Crippen LogP contribution in [-0.4, -0.2) is 20.3 Å². The Balaban J connectivity index is 2.18. The van der Waals surface area contributed by atoms with E-state index in [4.69, 9.17) is 0 Å². The number of benzene rings is 2. The second kappa shape index (κ2) is 6.72. The molecule has 1 amide bonds. The first-order valence-corrected chi connectivity index (χ1v) is 8.59. The summed E-state index contributed by atoms with van der Waals surface area (Å²) in [6.07, 6.45) is 0. The van der Waals surface area contributed by atoms with Crippen LogP contribution in [0.4, 0.5) is 11.4 Å². The van der Waals surface area contributed by atoms with Gasteiger partial charge in [-0.1, -0.05) is 23.5 Å². The van der Waals surface area contributed by atoms with Gasteiger partial charge in [-0.2, -0.15) is 4.99 Å². The van der Waals surface area contributed by atoms with Crippen molar-refractivity contribution < 1.29 is 14.6 Å². The number of thiazole rings is 1. The van der Waals surface area contributed by atoms with Gasteiger partial charge in [0.15, 0.2) is 4.80 Å². The molecule has 10 heteroatoms. The van der Waals surface area contributed by atoms with Gasteiger partial charge < -0.3 is 4.57 Å². The Morgan fingerprint density at radius 2 is 1.59 bits per heavy atom. The summed E-state index contributed by atoms with van der Waals surface area (Å²) in [5.41, 5.74) is 1.73. The molecular weight excluding hydrogens is 372 g/mol. The number of hydrogen-bond acceptors (Lipinski definition) is 6. The highest BCUT2D eigenvalue weighted by Gasteiger charge is 2.20. The van der Waals surface area contributed by atoms with Gasteiger partial charge in [0.25, 0.3) is 17.3 Å². The van der Waals surface area contributed by atoms with Crippen molar-refractivity contribution in [3.63, 3.8) is 0 Å². The highest BCUT2D eigenvalue weighted by Crippen LogP contribution is 2.25. The first-order chi connectivity index (χ1) is 12.7. The number of nitrogens with zero attached hydrogens (tertiary/aromatic N) is 4. The maximum Gasteiger partial charge on any atom is 0.280 e. The third-order valence-corrected chi connectivity index (χ3v) is 5.38. The van der Waals surface area contributed by atoms with E-state index >= 15 is 0 Å². The van der Waals surface area contributed by atoms with Gasteiger partial charge in [-0.15, -0.1) is 0 Å². The van der Waals surface area contributed by atoms with Crippen LogP contribution in [0.25, 0.3) is 10.2 Å². The Morgan fingerprint density at radius 1 is 1.04 bits per heavy atom. The van der Waals surface area contributed by atoms with E-state index in [0.717, 1.165) is 39.5 Å². The molecule has 0 spiro atoms. The molecule has 0 aliphatic heterocycles.